The molecule has 1 aromatic carbocycles. The number of hydrogen-bond acceptors (Lipinski definition) is 6. The van der Waals surface area contributed by atoms with E-state index in [4.69, 9.17) is 32.9 Å². The fraction of sp³-hybridized carbons (Fsp3) is 0.600. The lowest BCUT2D eigenvalue weighted by atomic mass is 9.53. The van der Waals surface area contributed by atoms with E-state index in [0.717, 1.165) is 30.1 Å². The van der Waals surface area contributed by atoms with Crippen LogP contribution in [-0.4, -0.2) is 42.4 Å². The van der Waals surface area contributed by atoms with Crippen molar-refractivity contribution < 1.29 is 14.6 Å². The Kier molecular flexibility index (Phi) is 7.80. The summed E-state index contributed by atoms with van der Waals surface area (Å²) >= 11 is 14.3. The van der Waals surface area contributed by atoms with Crippen LogP contribution in [0.4, 0.5) is 10.8 Å². The van der Waals surface area contributed by atoms with Crippen molar-refractivity contribution in [1.29, 1.82) is 0 Å². The van der Waals surface area contributed by atoms with Crippen LogP contribution < -0.4 is 10.6 Å². The predicted octanol–water partition coefficient (Wildman–Crippen LogP) is 5.65. The predicted molar refractivity (Wildman–Crippen MR) is 138 cm³/mol. The second-order valence-corrected chi connectivity index (χ2v) is 11.9. The van der Waals surface area contributed by atoms with Gasteiger partial charge in [-0.3, -0.25) is 4.79 Å². The Hall–Kier alpha value is -1.38. The molecule has 186 valence electrons. The van der Waals surface area contributed by atoms with Gasteiger partial charge in [0.25, 0.3) is 0 Å². The first-order valence-corrected chi connectivity index (χ1v) is 13.4. The first-order valence-electron chi connectivity index (χ1n) is 11.8. The first kappa shape index (κ1) is 25.7. The molecule has 34 heavy (non-hydrogen) atoms. The van der Waals surface area contributed by atoms with Crippen LogP contribution in [0.1, 0.15) is 50.1 Å². The number of para-hydroxylation sites is 1. The number of ether oxygens (including phenoxy) is 1. The van der Waals surface area contributed by atoms with Gasteiger partial charge in [-0.05, 0) is 48.6 Å². The SMILES string of the molecule is COCCNC(=O)[C@@H](C)[C@H]1CC[C@]2(C)Cc3sc(Nc4c(Cl)cccc4Cl)nc3[C@H](C)[C@@H]2[C@H]1O. The van der Waals surface area contributed by atoms with Gasteiger partial charge in [-0.2, -0.15) is 0 Å². The number of halogens is 2. The lowest BCUT2D eigenvalue weighted by Crippen LogP contribution is -2.53. The van der Waals surface area contributed by atoms with Crippen molar-refractivity contribution in [2.45, 2.75) is 52.1 Å². The van der Waals surface area contributed by atoms with Crippen LogP contribution in [0.5, 0.6) is 0 Å². The highest BCUT2D eigenvalue weighted by atomic mass is 35.5. The van der Waals surface area contributed by atoms with E-state index in [1.165, 1.54) is 4.88 Å². The third-order valence-electron chi connectivity index (χ3n) is 7.78. The highest BCUT2D eigenvalue weighted by molar-refractivity contribution is 7.15. The number of carbonyl (C=O) groups excluding carboxylic acids is 1. The highest BCUT2D eigenvalue weighted by Gasteiger charge is 2.53. The van der Waals surface area contributed by atoms with Crippen molar-refractivity contribution in [3.8, 4) is 0 Å². The summed E-state index contributed by atoms with van der Waals surface area (Å²) in [6, 6.07) is 5.40. The van der Waals surface area contributed by atoms with E-state index in [0.29, 0.717) is 28.9 Å². The van der Waals surface area contributed by atoms with Crippen molar-refractivity contribution in [3.63, 3.8) is 0 Å². The molecule has 1 aromatic heterocycles. The number of aliphatic hydroxyl groups is 1. The van der Waals surface area contributed by atoms with E-state index in [1.54, 1.807) is 30.6 Å². The Morgan fingerprint density at radius 3 is 2.76 bits per heavy atom. The average Bonchev–Trinajstić information content (AvgIpc) is 3.18. The number of aromatic nitrogens is 1. The summed E-state index contributed by atoms with van der Waals surface area (Å²) < 4.78 is 5.03. The topological polar surface area (TPSA) is 83.5 Å². The zero-order chi connectivity index (χ0) is 24.6. The molecule has 2 aromatic rings. The van der Waals surface area contributed by atoms with Crippen molar-refractivity contribution >= 4 is 51.3 Å². The zero-order valence-electron chi connectivity index (χ0n) is 20.0. The number of anilines is 2. The molecular weight excluding hydrogens is 493 g/mol. The minimum absolute atomic E-state index is 0.0226. The number of methoxy groups -OCH3 is 1. The van der Waals surface area contributed by atoms with E-state index in [1.807, 2.05) is 13.0 Å². The average molecular weight is 527 g/mol. The molecule has 0 unspecified atom stereocenters. The monoisotopic (exact) mass is 525 g/mol. The highest BCUT2D eigenvalue weighted by Crippen LogP contribution is 2.57. The molecule has 0 radical (unpaired) electrons. The van der Waals surface area contributed by atoms with Gasteiger partial charge in [-0.15, -0.1) is 11.3 Å². The van der Waals surface area contributed by atoms with Crippen molar-refractivity contribution in [2.75, 3.05) is 25.6 Å². The summed E-state index contributed by atoms with van der Waals surface area (Å²) in [4.78, 5) is 18.8. The summed E-state index contributed by atoms with van der Waals surface area (Å²) in [7, 11) is 1.61. The quantitative estimate of drug-likeness (QED) is 0.407. The molecule has 0 saturated heterocycles. The first-order chi connectivity index (χ1) is 16.2. The minimum Gasteiger partial charge on any atom is -0.392 e. The molecule has 1 saturated carbocycles. The zero-order valence-corrected chi connectivity index (χ0v) is 22.4. The van der Waals surface area contributed by atoms with E-state index >= 15 is 0 Å². The number of rotatable bonds is 7. The molecule has 3 N–H and O–H groups in total. The maximum Gasteiger partial charge on any atom is 0.223 e. The molecule has 6 atom stereocenters. The second kappa shape index (κ2) is 10.3. The normalized spacial score (nSPS) is 29.1. The number of aliphatic hydroxyl groups excluding tert-OH is 1. The van der Waals surface area contributed by atoms with E-state index in [9.17, 15) is 9.90 Å². The number of thiazole rings is 1. The van der Waals surface area contributed by atoms with Gasteiger partial charge in [0.15, 0.2) is 5.13 Å². The molecule has 4 rings (SSSR count). The molecule has 9 heteroatoms. The second-order valence-electron chi connectivity index (χ2n) is 9.96. The van der Waals surface area contributed by atoms with Gasteiger partial charge in [0.05, 0.1) is 34.1 Å². The number of fused-ring (bicyclic) bond motifs is 2. The maximum atomic E-state index is 12.7. The molecule has 0 spiro atoms. The van der Waals surface area contributed by atoms with E-state index < -0.39 is 6.10 Å². The lowest BCUT2D eigenvalue weighted by molar-refractivity contribution is -0.135. The Labute approximate surface area is 215 Å². The molecule has 2 aliphatic rings. The fourth-order valence-corrected chi connectivity index (χ4v) is 7.72. The Morgan fingerprint density at radius 1 is 1.38 bits per heavy atom. The van der Waals surface area contributed by atoms with Crippen LogP contribution in [0.25, 0.3) is 0 Å². The summed E-state index contributed by atoms with van der Waals surface area (Å²) in [5.74, 6) is -0.260. The fourth-order valence-electron chi connectivity index (χ4n) is 5.96. The molecule has 2 aliphatic carbocycles. The van der Waals surface area contributed by atoms with E-state index in [2.05, 4.69) is 24.5 Å². The van der Waals surface area contributed by atoms with Gasteiger partial charge < -0.3 is 20.5 Å². The van der Waals surface area contributed by atoms with Crippen LogP contribution in [0.3, 0.4) is 0 Å². The summed E-state index contributed by atoms with van der Waals surface area (Å²) in [6.07, 6.45) is 2.09. The van der Waals surface area contributed by atoms with Crippen molar-refractivity contribution in [2.24, 2.45) is 23.2 Å². The van der Waals surface area contributed by atoms with Gasteiger partial charge in [0.1, 0.15) is 0 Å². The summed E-state index contributed by atoms with van der Waals surface area (Å²) in [5.41, 5.74) is 1.64. The van der Waals surface area contributed by atoms with Crippen molar-refractivity contribution in [3.05, 3.63) is 38.8 Å². The number of nitrogens with one attached hydrogen (secondary N) is 2. The van der Waals surface area contributed by atoms with Crippen LogP contribution >= 0.6 is 34.5 Å². The van der Waals surface area contributed by atoms with Gasteiger partial charge in [0.2, 0.25) is 5.91 Å². The molecule has 6 nitrogen and oxygen atoms in total. The van der Waals surface area contributed by atoms with Crippen LogP contribution in [0, 0.1) is 23.2 Å². The third kappa shape index (κ3) is 4.82. The molecule has 0 bridgehead atoms. The van der Waals surface area contributed by atoms with Gasteiger partial charge in [0, 0.05) is 30.4 Å². The molecule has 1 heterocycles. The lowest BCUT2D eigenvalue weighted by Gasteiger charge is -2.53. The number of carbonyl (C=O) groups is 1. The third-order valence-corrected chi connectivity index (χ3v) is 9.39. The van der Waals surface area contributed by atoms with Gasteiger partial charge >= 0.3 is 0 Å². The van der Waals surface area contributed by atoms with Crippen LogP contribution in [0.2, 0.25) is 10.0 Å². The largest absolute Gasteiger partial charge is 0.392 e. The molecule has 1 amide bonds. The number of nitrogens with zero attached hydrogens (tertiary/aromatic N) is 1. The van der Waals surface area contributed by atoms with E-state index in [-0.39, 0.29) is 35.0 Å². The molecule has 0 aliphatic heterocycles. The Morgan fingerprint density at radius 2 is 2.09 bits per heavy atom. The summed E-state index contributed by atoms with van der Waals surface area (Å²) in [5, 5.41) is 19.6. The minimum atomic E-state index is -0.568. The smallest absolute Gasteiger partial charge is 0.223 e. The molecular formula is C25H33Cl2N3O3S. The Balaban J connectivity index is 1.55. The number of benzene rings is 1. The standard InChI is InChI=1S/C25H33Cl2N3O3S/c1-13(23(32)28-10-11-33-4)15-8-9-25(3)12-18-20(14(2)19(25)22(15)31)29-24(34-18)30-21-16(26)6-5-7-17(21)27/h5-7,13-15,19,22,31H,8-12H2,1-4H3,(H,28,32)(H,29,30)/t13-,14+,15+,19+,22-,25+/m0/s1. The van der Waals surface area contributed by atoms with Crippen LogP contribution in [0.15, 0.2) is 18.2 Å². The van der Waals surface area contributed by atoms with Gasteiger partial charge in [-0.25, -0.2) is 4.98 Å². The summed E-state index contributed by atoms with van der Waals surface area (Å²) in [6.45, 7) is 7.31. The van der Waals surface area contributed by atoms with Crippen LogP contribution in [-0.2, 0) is 16.0 Å². The maximum absolute atomic E-state index is 12.7. The Bertz CT molecular complexity index is 1030. The molecule has 1 fully saturated rings. The van der Waals surface area contributed by atoms with Crippen molar-refractivity contribution in [1.82, 2.24) is 10.3 Å². The number of amides is 1. The number of hydrogen-bond donors (Lipinski definition) is 3. The van der Waals surface area contributed by atoms with Gasteiger partial charge in [-0.1, -0.05) is 50.0 Å².